The maximum Gasteiger partial charge on any atom is 0.0596 e. The average molecular weight is 271 g/mol. The summed E-state index contributed by atoms with van der Waals surface area (Å²) in [6.07, 6.45) is 2.96. The number of aromatic nitrogens is 2. The first-order valence-electron chi connectivity index (χ1n) is 7.43. The van der Waals surface area contributed by atoms with E-state index in [0.29, 0.717) is 0 Å². The molecule has 2 rings (SSSR count). The maximum atomic E-state index is 6.28. The zero-order chi connectivity index (χ0) is 14.5. The van der Waals surface area contributed by atoms with Crippen molar-refractivity contribution < 1.29 is 0 Å². The van der Waals surface area contributed by atoms with Crippen molar-refractivity contribution in [2.75, 3.05) is 0 Å². The van der Waals surface area contributed by atoms with E-state index in [4.69, 9.17) is 5.73 Å². The van der Waals surface area contributed by atoms with Gasteiger partial charge in [-0.05, 0) is 45.2 Å². The van der Waals surface area contributed by atoms with E-state index in [2.05, 4.69) is 54.0 Å². The number of hydrogen-bond acceptors (Lipinski definition) is 2. The lowest BCUT2D eigenvalue weighted by Gasteiger charge is -2.12. The van der Waals surface area contributed by atoms with Gasteiger partial charge in [0.05, 0.1) is 5.69 Å². The molecule has 0 saturated heterocycles. The SMILES string of the molecule is CCn1nc(C)cc1CC(N)CCc1ccc(C)cc1. The van der Waals surface area contributed by atoms with Crippen LogP contribution in [0.1, 0.15) is 35.9 Å². The third-order valence-corrected chi connectivity index (χ3v) is 3.68. The summed E-state index contributed by atoms with van der Waals surface area (Å²) >= 11 is 0. The van der Waals surface area contributed by atoms with E-state index in [9.17, 15) is 0 Å². The van der Waals surface area contributed by atoms with Crippen molar-refractivity contribution in [3.05, 3.63) is 52.8 Å². The topological polar surface area (TPSA) is 43.8 Å². The Hall–Kier alpha value is -1.61. The lowest BCUT2D eigenvalue weighted by atomic mass is 10.0. The summed E-state index contributed by atoms with van der Waals surface area (Å²) in [5.74, 6) is 0. The van der Waals surface area contributed by atoms with E-state index in [0.717, 1.165) is 31.5 Å². The smallest absolute Gasteiger partial charge is 0.0596 e. The van der Waals surface area contributed by atoms with Gasteiger partial charge in [0.25, 0.3) is 0 Å². The highest BCUT2D eigenvalue weighted by atomic mass is 15.3. The second-order valence-electron chi connectivity index (χ2n) is 5.58. The van der Waals surface area contributed by atoms with Gasteiger partial charge in [-0.1, -0.05) is 29.8 Å². The number of benzene rings is 1. The Morgan fingerprint density at radius 2 is 1.90 bits per heavy atom. The molecule has 2 aromatic rings. The number of nitrogens with zero attached hydrogens (tertiary/aromatic N) is 2. The summed E-state index contributed by atoms with van der Waals surface area (Å²) in [6, 6.07) is 11.1. The van der Waals surface area contributed by atoms with Crippen molar-refractivity contribution in [1.29, 1.82) is 0 Å². The average Bonchev–Trinajstić information content (AvgIpc) is 2.78. The minimum Gasteiger partial charge on any atom is -0.327 e. The molecule has 3 nitrogen and oxygen atoms in total. The first-order chi connectivity index (χ1) is 9.58. The monoisotopic (exact) mass is 271 g/mol. The molecule has 2 N–H and O–H groups in total. The Kier molecular flexibility index (Phi) is 4.96. The molecule has 0 bridgehead atoms. The van der Waals surface area contributed by atoms with Crippen LogP contribution in [-0.4, -0.2) is 15.8 Å². The third-order valence-electron chi connectivity index (χ3n) is 3.68. The first-order valence-corrected chi connectivity index (χ1v) is 7.43. The molecule has 20 heavy (non-hydrogen) atoms. The summed E-state index contributed by atoms with van der Waals surface area (Å²) in [5, 5.41) is 4.47. The van der Waals surface area contributed by atoms with E-state index < -0.39 is 0 Å². The molecular formula is C17H25N3. The van der Waals surface area contributed by atoms with Crippen LogP contribution in [0, 0.1) is 13.8 Å². The molecule has 1 atom stereocenters. The largest absolute Gasteiger partial charge is 0.327 e. The zero-order valence-electron chi connectivity index (χ0n) is 12.8. The highest BCUT2D eigenvalue weighted by molar-refractivity contribution is 5.21. The van der Waals surface area contributed by atoms with Crippen LogP contribution in [0.3, 0.4) is 0 Å². The standard InChI is InChI=1S/C17H25N3/c1-4-20-17(11-14(3)19-20)12-16(18)10-9-15-7-5-13(2)6-8-15/h5-8,11,16H,4,9-10,12,18H2,1-3H3. The Bertz CT molecular complexity index is 540. The van der Waals surface area contributed by atoms with Crippen molar-refractivity contribution >= 4 is 0 Å². The van der Waals surface area contributed by atoms with Crippen LogP contribution in [0.25, 0.3) is 0 Å². The van der Waals surface area contributed by atoms with Crippen LogP contribution < -0.4 is 5.73 Å². The van der Waals surface area contributed by atoms with Gasteiger partial charge in [0.15, 0.2) is 0 Å². The van der Waals surface area contributed by atoms with Gasteiger partial charge in [-0.25, -0.2) is 0 Å². The van der Waals surface area contributed by atoms with Gasteiger partial charge < -0.3 is 5.73 Å². The lowest BCUT2D eigenvalue weighted by molar-refractivity contribution is 0.554. The normalized spacial score (nSPS) is 12.6. The van der Waals surface area contributed by atoms with Crippen LogP contribution in [0.5, 0.6) is 0 Å². The quantitative estimate of drug-likeness (QED) is 0.877. The van der Waals surface area contributed by atoms with Crippen molar-refractivity contribution in [2.24, 2.45) is 5.73 Å². The second-order valence-corrected chi connectivity index (χ2v) is 5.58. The highest BCUT2D eigenvalue weighted by Gasteiger charge is 2.10. The minimum atomic E-state index is 0.192. The fourth-order valence-electron chi connectivity index (χ4n) is 2.51. The number of aryl methyl sites for hydroxylation is 4. The zero-order valence-corrected chi connectivity index (χ0v) is 12.8. The molecule has 0 amide bonds. The molecule has 1 heterocycles. The second kappa shape index (κ2) is 6.71. The van der Waals surface area contributed by atoms with Crippen molar-refractivity contribution in [2.45, 2.75) is 52.6 Å². The Labute approximate surface area is 121 Å². The van der Waals surface area contributed by atoms with Gasteiger partial charge in [0.2, 0.25) is 0 Å². The lowest BCUT2D eigenvalue weighted by Crippen LogP contribution is -2.25. The van der Waals surface area contributed by atoms with Gasteiger partial charge >= 0.3 is 0 Å². The molecule has 0 spiro atoms. The molecule has 0 aliphatic carbocycles. The molecule has 108 valence electrons. The molecule has 0 fully saturated rings. The van der Waals surface area contributed by atoms with Crippen LogP contribution in [0.2, 0.25) is 0 Å². The maximum absolute atomic E-state index is 6.28. The van der Waals surface area contributed by atoms with Gasteiger partial charge in [0, 0.05) is 24.7 Å². The van der Waals surface area contributed by atoms with Gasteiger partial charge in [-0.3, -0.25) is 4.68 Å². The van der Waals surface area contributed by atoms with Crippen molar-refractivity contribution in [1.82, 2.24) is 9.78 Å². The Balaban J connectivity index is 1.88. The van der Waals surface area contributed by atoms with Crippen LogP contribution in [0.15, 0.2) is 30.3 Å². The van der Waals surface area contributed by atoms with E-state index in [-0.39, 0.29) is 6.04 Å². The van der Waals surface area contributed by atoms with Crippen molar-refractivity contribution in [3.63, 3.8) is 0 Å². The fraction of sp³-hybridized carbons (Fsp3) is 0.471. The number of hydrogen-bond donors (Lipinski definition) is 1. The summed E-state index contributed by atoms with van der Waals surface area (Å²) in [5.41, 5.74) is 11.3. The summed E-state index contributed by atoms with van der Waals surface area (Å²) < 4.78 is 2.06. The predicted molar refractivity (Wildman–Crippen MR) is 83.8 cm³/mol. The molecular weight excluding hydrogens is 246 g/mol. The van der Waals surface area contributed by atoms with Gasteiger partial charge in [-0.15, -0.1) is 0 Å². The first kappa shape index (κ1) is 14.8. The number of nitrogens with two attached hydrogens (primary N) is 1. The summed E-state index contributed by atoms with van der Waals surface area (Å²) in [7, 11) is 0. The predicted octanol–water partition coefficient (Wildman–Crippen LogP) is 3.02. The van der Waals surface area contributed by atoms with Crippen molar-refractivity contribution in [3.8, 4) is 0 Å². The Morgan fingerprint density at radius 1 is 1.20 bits per heavy atom. The molecule has 3 heteroatoms. The molecule has 1 unspecified atom stereocenters. The third kappa shape index (κ3) is 3.94. The Morgan fingerprint density at radius 3 is 2.55 bits per heavy atom. The summed E-state index contributed by atoms with van der Waals surface area (Å²) in [4.78, 5) is 0. The fourth-order valence-corrected chi connectivity index (χ4v) is 2.51. The molecule has 1 aromatic heterocycles. The molecule has 0 saturated carbocycles. The van der Waals surface area contributed by atoms with E-state index in [1.165, 1.54) is 16.8 Å². The van der Waals surface area contributed by atoms with Crippen LogP contribution in [-0.2, 0) is 19.4 Å². The van der Waals surface area contributed by atoms with Gasteiger partial charge in [0.1, 0.15) is 0 Å². The van der Waals surface area contributed by atoms with E-state index in [1.807, 2.05) is 6.92 Å². The van der Waals surface area contributed by atoms with E-state index >= 15 is 0 Å². The van der Waals surface area contributed by atoms with Crippen LogP contribution in [0.4, 0.5) is 0 Å². The molecule has 1 aromatic carbocycles. The molecule has 0 radical (unpaired) electrons. The van der Waals surface area contributed by atoms with Crippen LogP contribution >= 0.6 is 0 Å². The minimum absolute atomic E-state index is 0.192. The van der Waals surface area contributed by atoms with E-state index in [1.54, 1.807) is 0 Å². The summed E-state index contributed by atoms with van der Waals surface area (Å²) in [6.45, 7) is 7.18. The molecule has 0 aliphatic heterocycles. The number of rotatable bonds is 6. The van der Waals surface area contributed by atoms with Gasteiger partial charge in [-0.2, -0.15) is 5.10 Å². The highest BCUT2D eigenvalue weighted by Crippen LogP contribution is 2.11. The molecule has 0 aliphatic rings.